The quantitative estimate of drug-likeness (QED) is 0.805. The zero-order chi connectivity index (χ0) is 15.4. The van der Waals surface area contributed by atoms with Gasteiger partial charge in [0, 0.05) is 19.6 Å². The summed E-state index contributed by atoms with van der Waals surface area (Å²) in [5.74, 6) is -0.0421. The molecule has 0 atom stereocenters. The molecule has 118 valence electrons. The molecule has 1 aliphatic rings. The van der Waals surface area contributed by atoms with E-state index in [1.807, 2.05) is 13.8 Å². The third-order valence-corrected chi connectivity index (χ3v) is 3.66. The lowest BCUT2D eigenvalue weighted by Gasteiger charge is -2.34. The molecule has 0 bridgehead atoms. The number of carbonyl (C=O) groups excluding carboxylic acids is 1. The maximum atomic E-state index is 12.3. The van der Waals surface area contributed by atoms with Crippen molar-refractivity contribution < 1.29 is 18.0 Å². The van der Waals surface area contributed by atoms with E-state index in [4.69, 9.17) is 0 Å². The molecule has 0 spiro atoms. The summed E-state index contributed by atoms with van der Waals surface area (Å²) in [4.78, 5) is 13.1. The summed E-state index contributed by atoms with van der Waals surface area (Å²) in [6.45, 7) is 4.27. The molecule has 1 amide bonds. The van der Waals surface area contributed by atoms with Crippen LogP contribution in [0.2, 0.25) is 0 Å². The van der Waals surface area contributed by atoms with Gasteiger partial charge in [-0.15, -0.1) is 0 Å². The Morgan fingerprint density at radius 1 is 1.25 bits per heavy atom. The number of hydrogen-bond acceptors (Lipinski definition) is 3. The van der Waals surface area contributed by atoms with Gasteiger partial charge in [-0.3, -0.25) is 9.69 Å². The molecule has 7 heteroatoms. The van der Waals surface area contributed by atoms with Gasteiger partial charge < -0.3 is 10.6 Å². The number of piperidine rings is 1. The Morgan fingerprint density at radius 2 is 1.80 bits per heavy atom. The Bertz CT molecular complexity index is 323. The van der Waals surface area contributed by atoms with E-state index in [9.17, 15) is 18.0 Å². The molecule has 4 nitrogen and oxygen atoms in total. The fourth-order valence-electron chi connectivity index (χ4n) is 2.37. The van der Waals surface area contributed by atoms with Crippen LogP contribution < -0.4 is 10.6 Å². The lowest BCUT2D eigenvalue weighted by Crippen LogP contribution is -2.49. The van der Waals surface area contributed by atoms with Gasteiger partial charge >= 0.3 is 6.18 Å². The van der Waals surface area contributed by atoms with Crippen molar-refractivity contribution in [2.75, 3.05) is 33.2 Å². The van der Waals surface area contributed by atoms with E-state index in [1.54, 1.807) is 7.05 Å². The molecule has 1 heterocycles. The first kappa shape index (κ1) is 17.2. The number of alkyl halides is 3. The lowest BCUT2D eigenvalue weighted by molar-refractivity contribution is -0.148. The smallest absolute Gasteiger partial charge is 0.359 e. The topological polar surface area (TPSA) is 44.4 Å². The van der Waals surface area contributed by atoms with Gasteiger partial charge in [0.25, 0.3) is 0 Å². The molecule has 0 aromatic heterocycles. The van der Waals surface area contributed by atoms with Gasteiger partial charge in [0.1, 0.15) is 0 Å². The van der Waals surface area contributed by atoms with Crippen LogP contribution in [-0.4, -0.2) is 56.3 Å². The monoisotopic (exact) mass is 295 g/mol. The van der Waals surface area contributed by atoms with Crippen LogP contribution in [0.4, 0.5) is 13.2 Å². The zero-order valence-corrected chi connectivity index (χ0v) is 12.3. The van der Waals surface area contributed by atoms with E-state index in [1.165, 1.54) is 4.90 Å². The van der Waals surface area contributed by atoms with Gasteiger partial charge in [0.2, 0.25) is 5.91 Å². The number of carbonyl (C=O) groups is 1. The fourth-order valence-corrected chi connectivity index (χ4v) is 2.37. The number of halogens is 3. The number of hydrogen-bond donors (Lipinski definition) is 2. The predicted molar refractivity (Wildman–Crippen MR) is 71.4 cm³/mol. The second-order valence-corrected chi connectivity index (χ2v) is 6.01. The van der Waals surface area contributed by atoms with Crippen molar-refractivity contribution in [3.8, 4) is 0 Å². The summed E-state index contributed by atoms with van der Waals surface area (Å²) in [7, 11) is 1.60. The molecule has 1 rings (SSSR count). The van der Waals surface area contributed by atoms with Gasteiger partial charge in [-0.05, 0) is 39.8 Å². The van der Waals surface area contributed by atoms with Crippen LogP contribution in [0.1, 0.15) is 26.7 Å². The van der Waals surface area contributed by atoms with Crippen LogP contribution in [0.5, 0.6) is 0 Å². The molecule has 20 heavy (non-hydrogen) atoms. The lowest BCUT2D eigenvalue weighted by atomic mass is 9.91. The molecule has 0 aromatic rings. The average Bonchev–Trinajstić information content (AvgIpc) is 2.35. The number of rotatable bonds is 5. The van der Waals surface area contributed by atoms with E-state index in [2.05, 4.69) is 10.6 Å². The standard InChI is InChI=1S/C13H24F3N3O/c1-12(2,11(20)17-3)8-18-10-4-6-19(7-5-10)9-13(14,15)16/h10,18H,4-9H2,1-3H3,(H,17,20). The van der Waals surface area contributed by atoms with Crippen LogP contribution in [0.15, 0.2) is 0 Å². The SMILES string of the molecule is CNC(=O)C(C)(C)CNC1CCN(CC(F)(F)F)CC1. The normalized spacial score (nSPS) is 19.1. The summed E-state index contributed by atoms with van der Waals surface area (Å²) in [6.07, 6.45) is -2.76. The second kappa shape index (κ2) is 6.76. The molecule has 0 unspecified atom stereocenters. The Labute approximate surface area is 118 Å². The average molecular weight is 295 g/mol. The van der Waals surface area contributed by atoms with Crippen molar-refractivity contribution in [3.63, 3.8) is 0 Å². The summed E-state index contributed by atoms with van der Waals surface area (Å²) in [5, 5.41) is 5.91. The minimum atomic E-state index is -4.12. The molecule has 2 N–H and O–H groups in total. The van der Waals surface area contributed by atoms with Crippen molar-refractivity contribution in [2.45, 2.75) is 38.9 Å². The minimum Gasteiger partial charge on any atom is -0.359 e. The van der Waals surface area contributed by atoms with Gasteiger partial charge in [-0.1, -0.05) is 0 Å². The molecule has 0 aromatic carbocycles. The largest absolute Gasteiger partial charge is 0.401 e. The number of nitrogens with zero attached hydrogens (tertiary/aromatic N) is 1. The van der Waals surface area contributed by atoms with Gasteiger partial charge in [-0.2, -0.15) is 13.2 Å². The van der Waals surface area contributed by atoms with Crippen LogP contribution >= 0.6 is 0 Å². The first-order valence-electron chi connectivity index (χ1n) is 6.89. The molecule has 0 saturated carbocycles. The molecule has 1 saturated heterocycles. The van der Waals surface area contributed by atoms with E-state index >= 15 is 0 Å². The fraction of sp³-hybridized carbons (Fsp3) is 0.923. The maximum Gasteiger partial charge on any atom is 0.401 e. The summed E-state index contributed by atoms with van der Waals surface area (Å²) < 4.78 is 36.8. The van der Waals surface area contributed by atoms with Crippen molar-refractivity contribution in [1.82, 2.24) is 15.5 Å². The highest BCUT2D eigenvalue weighted by Gasteiger charge is 2.33. The predicted octanol–water partition coefficient (Wildman–Crippen LogP) is 1.37. The van der Waals surface area contributed by atoms with Gasteiger partial charge in [0.05, 0.1) is 12.0 Å². The van der Waals surface area contributed by atoms with E-state index in [-0.39, 0.29) is 11.9 Å². The van der Waals surface area contributed by atoms with E-state index < -0.39 is 18.1 Å². The van der Waals surface area contributed by atoms with Crippen molar-refractivity contribution >= 4 is 5.91 Å². The zero-order valence-electron chi connectivity index (χ0n) is 12.3. The Kier molecular flexibility index (Phi) is 5.82. The number of amides is 1. The Hall–Kier alpha value is -0.820. The van der Waals surface area contributed by atoms with Crippen LogP contribution in [0.3, 0.4) is 0 Å². The molecular weight excluding hydrogens is 271 g/mol. The summed E-state index contributed by atoms with van der Waals surface area (Å²) in [5.41, 5.74) is -0.516. The van der Waals surface area contributed by atoms with Crippen molar-refractivity contribution in [1.29, 1.82) is 0 Å². The molecule has 1 fully saturated rings. The highest BCUT2D eigenvalue weighted by molar-refractivity contribution is 5.81. The molecule has 0 radical (unpaired) electrons. The summed E-state index contributed by atoms with van der Waals surface area (Å²) >= 11 is 0. The minimum absolute atomic E-state index is 0.0421. The third-order valence-electron chi connectivity index (χ3n) is 3.66. The third kappa shape index (κ3) is 5.66. The van der Waals surface area contributed by atoms with Crippen molar-refractivity contribution in [2.24, 2.45) is 5.41 Å². The van der Waals surface area contributed by atoms with Crippen LogP contribution in [0.25, 0.3) is 0 Å². The first-order valence-corrected chi connectivity index (χ1v) is 6.89. The van der Waals surface area contributed by atoms with Crippen molar-refractivity contribution in [3.05, 3.63) is 0 Å². The maximum absolute atomic E-state index is 12.3. The molecular formula is C13H24F3N3O. The molecule has 1 aliphatic heterocycles. The van der Waals surface area contributed by atoms with Crippen LogP contribution in [-0.2, 0) is 4.79 Å². The highest BCUT2D eigenvalue weighted by atomic mass is 19.4. The highest BCUT2D eigenvalue weighted by Crippen LogP contribution is 2.20. The number of nitrogens with one attached hydrogen (secondary N) is 2. The van der Waals surface area contributed by atoms with E-state index in [0.717, 1.165) is 0 Å². The second-order valence-electron chi connectivity index (χ2n) is 6.01. The van der Waals surface area contributed by atoms with Gasteiger partial charge in [-0.25, -0.2) is 0 Å². The first-order chi connectivity index (χ1) is 9.14. The number of likely N-dealkylation sites (tertiary alicyclic amines) is 1. The van der Waals surface area contributed by atoms with Gasteiger partial charge in [0.15, 0.2) is 0 Å². The Morgan fingerprint density at radius 3 is 2.25 bits per heavy atom. The Balaban J connectivity index is 2.31. The van der Waals surface area contributed by atoms with E-state index in [0.29, 0.717) is 32.5 Å². The van der Waals surface area contributed by atoms with Crippen LogP contribution in [0, 0.1) is 5.41 Å². The molecule has 0 aliphatic carbocycles. The summed E-state index contributed by atoms with van der Waals surface area (Å²) in [6, 6.07) is 0.184.